The van der Waals surface area contributed by atoms with E-state index >= 15 is 24.0 Å². The van der Waals surface area contributed by atoms with E-state index in [9.17, 15) is 33.6 Å². The number of carbonyl (C=O) groups excluding carboxylic acids is 12. The van der Waals surface area contributed by atoms with Gasteiger partial charge in [0.05, 0.1) is 6.10 Å². The summed E-state index contributed by atoms with van der Waals surface area (Å²) in [4.78, 5) is 186. The van der Waals surface area contributed by atoms with Gasteiger partial charge in [-0.05, 0) is 112 Å². The Morgan fingerprint density at radius 2 is 0.806 bits per heavy atom. The van der Waals surface area contributed by atoms with Crippen molar-refractivity contribution in [3.05, 3.63) is 0 Å². The molecule has 0 spiro atoms. The third-order valence-corrected chi connectivity index (χ3v) is 23.2. The van der Waals surface area contributed by atoms with Crippen molar-refractivity contribution in [2.24, 2.45) is 41.4 Å². The first-order valence-electron chi connectivity index (χ1n) is 33.8. The average molecular weight is 1330 g/mol. The normalized spacial score (nSPS) is 26.7. The number of hydrogen-bond donors (Lipinski definition) is 4. The zero-order valence-corrected chi connectivity index (χ0v) is 63.4. The zero-order valence-electron chi connectivity index (χ0n) is 62.4. The second-order valence-electron chi connectivity index (χ2n) is 30.2. The van der Waals surface area contributed by atoms with Crippen molar-refractivity contribution < 1.29 is 62.0 Å². The van der Waals surface area contributed by atoms with Crippen molar-refractivity contribution in [1.82, 2.24) is 55.6 Å². The third kappa shape index (κ3) is 22.8. The quantitative estimate of drug-likeness (QED) is 0.0948. The van der Waals surface area contributed by atoms with Crippen LogP contribution in [0.2, 0.25) is 18.1 Å². The summed E-state index contributed by atoms with van der Waals surface area (Å²) in [5.74, 6) is -9.73. The zero-order chi connectivity index (χ0) is 72.6. The lowest BCUT2D eigenvalue weighted by molar-refractivity contribution is -0.157. The van der Waals surface area contributed by atoms with Gasteiger partial charge in [-0.2, -0.15) is 0 Å². The minimum Gasteiger partial charge on any atom is -0.411 e. The number of nitrogens with one attached hydrogen (secondary N) is 4. The van der Waals surface area contributed by atoms with Gasteiger partial charge < -0.3 is 64.8 Å². The Morgan fingerprint density at radius 1 is 0.430 bits per heavy atom. The van der Waals surface area contributed by atoms with Gasteiger partial charge in [-0.1, -0.05) is 125 Å². The highest BCUT2D eigenvalue weighted by Gasteiger charge is 2.50. The van der Waals surface area contributed by atoms with Crippen LogP contribution in [0.5, 0.6) is 0 Å². The molecule has 1 rings (SSSR count). The summed E-state index contributed by atoms with van der Waals surface area (Å²) >= 11 is 0. The maximum absolute atomic E-state index is 15.7. The van der Waals surface area contributed by atoms with Crippen molar-refractivity contribution in [3.8, 4) is 0 Å². The molecular formula is C68H125N11O13Si. The molecule has 4 N–H and O–H groups in total. The fraction of sp³-hybridized carbons (Fsp3) is 0.824. The van der Waals surface area contributed by atoms with Gasteiger partial charge in [0.15, 0.2) is 8.32 Å². The van der Waals surface area contributed by atoms with Crippen molar-refractivity contribution in [1.29, 1.82) is 0 Å². The van der Waals surface area contributed by atoms with Crippen molar-refractivity contribution >= 4 is 79.6 Å². The molecular weight excluding hydrogens is 1210 g/mol. The number of hydrogen-bond acceptors (Lipinski definition) is 13. The van der Waals surface area contributed by atoms with E-state index in [4.69, 9.17) is 4.43 Å². The fourth-order valence-corrected chi connectivity index (χ4v) is 13.1. The van der Waals surface area contributed by atoms with E-state index in [0.717, 1.165) is 0 Å². The molecule has 0 aliphatic carbocycles. The summed E-state index contributed by atoms with van der Waals surface area (Å²) in [6.45, 7) is 40.0. The molecule has 13 atom stereocenters. The van der Waals surface area contributed by atoms with Crippen LogP contribution in [0.15, 0.2) is 0 Å². The van der Waals surface area contributed by atoms with Gasteiger partial charge in [-0.15, -0.1) is 0 Å². The summed E-state index contributed by atoms with van der Waals surface area (Å²) in [5, 5.41) is 10.8. The standard InChI is InChI=1S/C68H125N11O13Si/c1-30-47-62(86)73(21)48(31-2)63(87)74(22)50(35-39(5)6)59(83)72-53(42(11)12)66(90)75(23)49(34-38(3)4)58(82)69-45(16)57(81)70-46(17)61(85)76(24)51(36-40(7)8)64(88)77(25)52(37-41(9)10)65(89)78(26)54(43(13)14)67(91)79(27)55(60(84)71-47)56(44(15)32-33-80)92-93(28,29)68(18,19)20/h33,38-56H,30-32,34-37H2,1-29H3,(H,69,82)(H,70,81)(H,71,84)(H,72,83)/t44-,45+,46-,47+,48-,49+,50+,51+,52+,53+,54?,55+,56+/m1/s1. The molecule has 1 saturated heterocycles. The highest BCUT2D eigenvalue weighted by Crippen LogP contribution is 2.40. The average Bonchev–Trinajstić information content (AvgIpc) is 0.799. The predicted molar refractivity (Wildman–Crippen MR) is 365 cm³/mol. The molecule has 11 amide bonds. The van der Waals surface area contributed by atoms with E-state index in [1.165, 1.54) is 97.5 Å². The Labute approximate surface area is 559 Å². The first-order chi connectivity index (χ1) is 42.6. The van der Waals surface area contributed by atoms with Crippen LogP contribution in [0.4, 0.5) is 0 Å². The van der Waals surface area contributed by atoms with E-state index < -0.39 is 169 Å². The molecule has 534 valence electrons. The van der Waals surface area contributed by atoms with E-state index in [-0.39, 0.29) is 68.6 Å². The maximum Gasteiger partial charge on any atom is 0.246 e. The van der Waals surface area contributed by atoms with Crippen LogP contribution in [0, 0.1) is 41.4 Å². The molecule has 0 saturated carbocycles. The van der Waals surface area contributed by atoms with Crippen LogP contribution >= 0.6 is 0 Å². The first kappa shape index (κ1) is 85.0. The monoisotopic (exact) mass is 1330 g/mol. The molecule has 0 aromatic carbocycles. The topological polar surface area (TPSA) is 285 Å². The SMILES string of the molecule is CC[C@@H]1NC(=O)[C@H]([C@@H](O[Si](C)(C)C(C)(C)C)[C@H](C)CC=O)N(C)C(=O)C(C(C)C)N(C)C(=O)[C@H](CC(C)C)N(C)C(=O)[C@H](CC(C)C)N(C)C(=O)[C@@H](C)NC(=O)[C@H](C)NC(=O)[C@H](CC(C)C)N(C)C(=O)[C@H](C(C)C)NC(=O)[C@H](CC(C)C)N(C)C(=O)[C@@H](CC)N(C)C1=O. The lowest BCUT2D eigenvalue weighted by Crippen LogP contribution is -2.65. The van der Waals surface area contributed by atoms with E-state index in [2.05, 4.69) is 21.3 Å². The largest absolute Gasteiger partial charge is 0.411 e. The number of nitrogens with zero attached hydrogens (tertiary/aromatic N) is 7. The molecule has 1 aliphatic heterocycles. The van der Waals surface area contributed by atoms with Gasteiger partial charge in [0.2, 0.25) is 65.0 Å². The molecule has 1 heterocycles. The molecule has 1 unspecified atom stereocenters. The molecule has 25 heteroatoms. The van der Waals surface area contributed by atoms with Crippen LogP contribution < -0.4 is 21.3 Å². The smallest absolute Gasteiger partial charge is 0.246 e. The molecule has 0 aromatic rings. The summed E-state index contributed by atoms with van der Waals surface area (Å²) in [6, 6.07) is -13.6. The first-order valence-corrected chi connectivity index (χ1v) is 36.7. The maximum atomic E-state index is 15.7. The molecule has 0 aromatic heterocycles. The Bertz CT molecular complexity index is 2570. The fourth-order valence-electron chi connectivity index (χ4n) is 11.7. The van der Waals surface area contributed by atoms with Crippen molar-refractivity contribution in [2.75, 3.05) is 49.3 Å². The van der Waals surface area contributed by atoms with Gasteiger partial charge >= 0.3 is 0 Å². The molecule has 0 radical (unpaired) electrons. The van der Waals surface area contributed by atoms with Gasteiger partial charge in [0.25, 0.3) is 0 Å². The molecule has 24 nitrogen and oxygen atoms in total. The second kappa shape index (κ2) is 36.8. The van der Waals surface area contributed by atoms with E-state index in [1.807, 2.05) is 89.3 Å². The van der Waals surface area contributed by atoms with Crippen LogP contribution in [0.25, 0.3) is 0 Å². The minimum absolute atomic E-state index is 0.0128. The summed E-state index contributed by atoms with van der Waals surface area (Å²) in [5.41, 5.74) is 0. The summed E-state index contributed by atoms with van der Waals surface area (Å²) in [6.07, 6.45) is 0.154. The van der Waals surface area contributed by atoms with Gasteiger partial charge in [-0.3, -0.25) is 52.7 Å². The molecule has 1 aliphatic rings. The number of carbonyl (C=O) groups is 12. The van der Waals surface area contributed by atoms with Gasteiger partial charge in [0.1, 0.15) is 72.7 Å². The Balaban J connectivity index is 4.62. The Kier molecular flexibility index (Phi) is 33.6. The van der Waals surface area contributed by atoms with Crippen LogP contribution in [0.3, 0.4) is 0 Å². The van der Waals surface area contributed by atoms with Crippen LogP contribution in [-0.2, 0) is 62.0 Å². The molecule has 1 fully saturated rings. The highest BCUT2D eigenvalue weighted by molar-refractivity contribution is 6.74. The van der Waals surface area contributed by atoms with E-state index in [0.29, 0.717) is 6.29 Å². The number of amides is 11. The lowest BCUT2D eigenvalue weighted by atomic mass is 9.91. The number of likely N-dealkylation sites (N-methyl/N-ethyl adjacent to an activating group) is 7. The number of rotatable bonds is 18. The molecule has 0 bridgehead atoms. The molecule has 93 heavy (non-hydrogen) atoms. The van der Waals surface area contributed by atoms with Crippen molar-refractivity contribution in [3.63, 3.8) is 0 Å². The third-order valence-electron chi connectivity index (χ3n) is 18.7. The second-order valence-corrected chi connectivity index (χ2v) is 34.9. The van der Waals surface area contributed by atoms with Gasteiger partial charge in [-0.25, -0.2) is 0 Å². The van der Waals surface area contributed by atoms with Crippen LogP contribution in [0.1, 0.15) is 183 Å². The minimum atomic E-state index is -2.90. The lowest BCUT2D eigenvalue weighted by Gasteiger charge is -2.46. The van der Waals surface area contributed by atoms with Crippen LogP contribution in [-0.4, -0.2) is 236 Å². The predicted octanol–water partition coefficient (Wildman–Crippen LogP) is 5.70. The van der Waals surface area contributed by atoms with E-state index in [1.54, 1.807) is 48.5 Å². The van der Waals surface area contributed by atoms with Crippen molar-refractivity contribution in [2.45, 2.75) is 274 Å². The summed E-state index contributed by atoms with van der Waals surface area (Å²) in [7, 11) is 7.25. The highest BCUT2D eigenvalue weighted by atomic mass is 28.4. The Hall–Kier alpha value is -5.98. The number of aldehydes is 1. The van der Waals surface area contributed by atoms with Gasteiger partial charge in [0, 0.05) is 55.8 Å². The Morgan fingerprint density at radius 3 is 1.22 bits per heavy atom. The summed E-state index contributed by atoms with van der Waals surface area (Å²) < 4.78 is 7.12.